The molecule has 1 aromatic carbocycles. The van der Waals surface area contributed by atoms with Crippen LogP contribution >= 0.6 is 22.9 Å². The maximum Gasteiger partial charge on any atom is 0.226 e. The van der Waals surface area contributed by atoms with Crippen LogP contribution in [0, 0.1) is 0 Å². The topological polar surface area (TPSA) is 81.2 Å². The van der Waals surface area contributed by atoms with Crippen LogP contribution in [-0.4, -0.2) is 29.0 Å². The molecule has 2 aromatic rings. The zero-order valence-corrected chi connectivity index (χ0v) is 16.7. The van der Waals surface area contributed by atoms with Crippen molar-refractivity contribution in [1.82, 2.24) is 10.2 Å². The number of nitrogens with one attached hydrogen (secondary N) is 1. The molecule has 1 amide bonds. The summed E-state index contributed by atoms with van der Waals surface area (Å²) in [5, 5.41) is 13.0. The molecule has 144 valence electrons. The normalized spacial score (nSPS) is 14.7. The monoisotopic (exact) mass is 407 g/mol. The smallest absolute Gasteiger partial charge is 0.226 e. The molecule has 27 heavy (non-hydrogen) atoms. The van der Waals surface area contributed by atoms with Crippen LogP contribution in [0.3, 0.4) is 0 Å². The molecule has 1 heterocycles. The minimum absolute atomic E-state index is 0.0623. The van der Waals surface area contributed by atoms with E-state index in [-0.39, 0.29) is 24.5 Å². The molecule has 0 unspecified atom stereocenters. The summed E-state index contributed by atoms with van der Waals surface area (Å²) in [6, 6.07) is 4.86. The van der Waals surface area contributed by atoms with Gasteiger partial charge in [0.2, 0.25) is 11.0 Å². The standard InChI is InChI=1S/C19H22ClN3O3S/c1-26-16-9-7-13(20)11-14(16)15(24)8-10-17(25)21-19-23-22-18(27-19)12-5-3-2-4-6-12/h7,9,11-12H,2-6,8,10H2,1H3,(H,21,23,25). The van der Waals surface area contributed by atoms with Crippen molar-refractivity contribution >= 4 is 39.8 Å². The lowest BCUT2D eigenvalue weighted by Crippen LogP contribution is -2.13. The number of benzene rings is 1. The Labute approximate surface area is 167 Å². The molecule has 3 rings (SSSR count). The molecule has 0 bridgehead atoms. The first-order valence-corrected chi connectivity index (χ1v) is 10.3. The van der Waals surface area contributed by atoms with E-state index in [0.29, 0.717) is 27.4 Å². The molecule has 0 radical (unpaired) electrons. The summed E-state index contributed by atoms with van der Waals surface area (Å²) in [6.45, 7) is 0. The number of nitrogens with zero attached hydrogens (tertiary/aromatic N) is 2. The van der Waals surface area contributed by atoms with Crippen molar-refractivity contribution in [3.8, 4) is 5.75 Å². The number of ketones is 1. The van der Waals surface area contributed by atoms with Crippen LogP contribution in [-0.2, 0) is 4.79 Å². The number of hydrogen-bond acceptors (Lipinski definition) is 6. The molecule has 0 atom stereocenters. The van der Waals surface area contributed by atoms with E-state index in [4.69, 9.17) is 16.3 Å². The molecular formula is C19H22ClN3O3S. The van der Waals surface area contributed by atoms with Crippen molar-refractivity contribution in [2.24, 2.45) is 0 Å². The van der Waals surface area contributed by atoms with E-state index >= 15 is 0 Å². The molecule has 8 heteroatoms. The lowest BCUT2D eigenvalue weighted by atomic mass is 9.90. The van der Waals surface area contributed by atoms with Gasteiger partial charge in [-0.15, -0.1) is 10.2 Å². The largest absolute Gasteiger partial charge is 0.496 e. The van der Waals surface area contributed by atoms with E-state index in [1.807, 2.05) is 0 Å². The number of anilines is 1. The first-order valence-electron chi connectivity index (χ1n) is 9.07. The molecule has 1 fully saturated rings. The molecule has 6 nitrogen and oxygen atoms in total. The minimum Gasteiger partial charge on any atom is -0.496 e. The summed E-state index contributed by atoms with van der Waals surface area (Å²) in [6.07, 6.45) is 6.13. The van der Waals surface area contributed by atoms with Crippen molar-refractivity contribution in [3.05, 3.63) is 33.8 Å². The van der Waals surface area contributed by atoms with Gasteiger partial charge >= 0.3 is 0 Å². The number of carbonyl (C=O) groups excluding carboxylic acids is 2. The minimum atomic E-state index is -0.254. The van der Waals surface area contributed by atoms with E-state index in [1.165, 1.54) is 37.7 Å². The number of aromatic nitrogens is 2. The molecule has 0 saturated heterocycles. The Balaban J connectivity index is 1.53. The lowest BCUT2D eigenvalue weighted by molar-refractivity contribution is -0.116. The number of Topliss-reactive ketones (excluding diaryl/α,β-unsaturated/α-hetero) is 1. The van der Waals surface area contributed by atoms with Gasteiger partial charge in [-0.05, 0) is 31.0 Å². The van der Waals surface area contributed by atoms with Gasteiger partial charge in [0.25, 0.3) is 0 Å². The van der Waals surface area contributed by atoms with Gasteiger partial charge in [0.15, 0.2) is 5.78 Å². The number of ether oxygens (including phenoxy) is 1. The average molecular weight is 408 g/mol. The number of methoxy groups -OCH3 is 1. The molecule has 1 aliphatic carbocycles. The maximum absolute atomic E-state index is 12.4. The zero-order chi connectivity index (χ0) is 19.2. The first kappa shape index (κ1) is 19.8. The molecule has 0 spiro atoms. The van der Waals surface area contributed by atoms with E-state index in [1.54, 1.807) is 18.2 Å². The maximum atomic E-state index is 12.4. The van der Waals surface area contributed by atoms with Gasteiger partial charge in [-0.1, -0.05) is 42.2 Å². The van der Waals surface area contributed by atoms with Crippen LogP contribution < -0.4 is 10.1 Å². The highest BCUT2D eigenvalue weighted by atomic mass is 35.5. The quantitative estimate of drug-likeness (QED) is 0.663. The Kier molecular flexibility index (Phi) is 6.79. The molecule has 1 saturated carbocycles. The number of rotatable bonds is 7. The predicted molar refractivity (Wildman–Crippen MR) is 106 cm³/mol. The van der Waals surface area contributed by atoms with Gasteiger partial charge in [0.05, 0.1) is 12.7 Å². The summed E-state index contributed by atoms with van der Waals surface area (Å²) in [5.74, 6) is 0.463. The Morgan fingerprint density at radius 3 is 2.74 bits per heavy atom. The first-order chi connectivity index (χ1) is 13.1. The molecule has 1 aliphatic rings. The second-order valence-electron chi connectivity index (χ2n) is 6.60. The van der Waals surface area contributed by atoms with Crippen molar-refractivity contribution in [3.63, 3.8) is 0 Å². The highest BCUT2D eigenvalue weighted by Gasteiger charge is 2.20. The summed E-state index contributed by atoms with van der Waals surface area (Å²) in [5.41, 5.74) is 0.383. The van der Waals surface area contributed by atoms with Crippen LogP contribution in [0.5, 0.6) is 5.75 Å². The summed E-state index contributed by atoms with van der Waals surface area (Å²) < 4.78 is 5.19. The number of amides is 1. The van der Waals surface area contributed by atoms with Gasteiger partial charge in [0.1, 0.15) is 10.8 Å². The summed E-state index contributed by atoms with van der Waals surface area (Å²) in [7, 11) is 1.49. The molecular weight excluding hydrogens is 386 g/mol. The third kappa shape index (κ3) is 5.26. The SMILES string of the molecule is COc1ccc(Cl)cc1C(=O)CCC(=O)Nc1nnc(C2CCCCC2)s1. The van der Waals surface area contributed by atoms with Gasteiger partial charge < -0.3 is 10.1 Å². The third-order valence-electron chi connectivity index (χ3n) is 4.68. The predicted octanol–water partition coefficient (Wildman–Crippen LogP) is 4.85. The summed E-state index contributed by atoms with van der Waals surface area (Å²) in [4.78, 5) is 24.6. The molecule has 0 aliphatic heterocycles. The second-order valence-corrected chi connectivity index (χ2v) is 8.04. The second kappa shape index (κ2) is 9.28. The fourth-order valence-corrected chi connectivity index (χ4v) is 4.34. The van der Waals surface area contributed by atoms with Crippen molar-refractivity contribution in [2.75, 3.05) is 12.4 Å². The Morgan fingerprint density at radius 1 is 1.22 bits per heavy atom. The lowest BCUT2D eigenvalue weighted by Gasteiger charge is -2.18. The summed E-state index contributed by atoms with van der Waals surface area (Å²) >= 11 is 7.38. The number of halogens is 1. The Bertz CT molecular complexity index is 818. The van der Waals surface area contributed by atoms with E-state index in [2.05, 4.69) is 15.5 Å². The fraction of sp³-hybridized carbons (Fsp3) is 0.474. The van der Waals surface area contributed by atoms with Gasteiger partial charge in [0, 0.05) is 23.8 Å². The van der Waals surface area contributed by atoms with Crippen molar-refractivity contribution < 1.29 is 14.3 Å². The Hall–Kier alpha value is -1.99. The fourth-order valence-electron chi connectivity index (χ4n) is 3.24. The average Bonchev–Trinajstić information content (AvgIpc) is 3.15. The van der Waals surface area contributed by atoms with Crippen LogP contribution in [0.1, 0.15) is 66.2 Å². The van der Waals surface area contributed by atoms with Crippen LogP contribution in [0.4, 0.5) is 5.13 Å². The van der Waals surface area contributed by atoms with E-state index < -0.39 is 0 Å². The highest BCUT2D eigenvalue weighted by molar-refractivity contribution is 7.15. The van der Waals surface area contributed by atoms with Crippen LogP contribution in [0.15, 0.2) is 18.2 Å². The van der Waals surface area contributed by atoms with Gasteiger partial charge in [-0.3, -0.25) is 9.59 Å². The Morgan fingerprint density at radius 2 is 2.00 bits per heavy atom. The molecule has 1 aromatic heterocycles. The number of carbonyl (C=O) groups is 2. The van der Waals surface area contributed by atoms with E-state index in [9.17, 15) is 9.59 Å². The van der Waals surface area contributed by atoms with Gasteiger partial charge in [-0.2, -0.15) is 0 Å². The van der Waals surface area contributed by atoms with E-state index in [0.717, 1.165) is 17.8 Å². The van der Waals surface area contributed by atoms with Crippen molar-refractivity contribution in [2.45, 2.75) is 50.9 Å². The van der Waals surface area contributed by atoms with Crippen LogP contribution in [0.25, 0.3) is 0 Å². The van der Waals surface area contributed by atoms with Crippen molar-refractivity contribution in [1.29, 1.82) is 0 Å². The van der Waals surface area contributed by atoms with Crippen LogP contribution in [0.2, 0.25) is 5.02 Å². The zero-order valence-electron chi connectivity index (χ0n) is 15.2. The molecule has 1 N–H and O–H groups in total. The number of hydrogen-bond donors (Lipinski definition) is 1. The highest BCUT2D eigenvalue weighted by Crippen LogP contribution is 2.35. The third-order valence-corrected chi connectivity index (χ3v) is 5.92. The van der Waals surface area contributed by atoms with Gasteiger partial charge in [-0.25, -0.2) is 0 Å².